The second kappa shape index (κ2) is 6.24. The monoisotopic (exact) mass is 323 g/mol. The molecule has 1 fully saturated rings. The van der Waals surface area contributed by atoms with E-state index in [-0.39, 0.29) is 17.7 Å². The third-order valence-corrected chi connectivity index (χ3v) is 5.44. The molecule has 1 saturated carbocycles. The largest absolute Gasteiger partial charge is 0.349 e. The van der Waals surface area contributed by atoms with Crippen LogP contribution in [0.4, 0.5) is 0 Å². The number of carbonyl (C=O) groups is 1. The molecule has 0 spiro atoms. The number of nitrogens with zero attached hydrogens (tertiary/aromatic N) is 2. The van der Waals surface area contributed by atoms with Crippen molar-refractivity contribution in [2.75, 3.05) is 12.3 Å². The van der Waals surface area contributed by atoms with Gasteiger partial charge in [-0.15, -0.1) is 4.40 Å². The number of carbonyl (C=O) groups excluding carboxylic acids is 1. The summed E-state index contributed by atoms with van der Waals surface area (Å²) in [5, 5.41) is 3.10. The van der Waals surface area contributed by atoms with Crippen molar-refractivity contribution in [3.8, 4) is 0 Å². The van der Waals surface area contributed by atoms with Crippen LogP contribution in [0.3, 0.4) is 0 Å². The van der Waals surface area contributed by atoms with Gasteiger partial charge in [-0.05, 0) is 25.0 Å². The third kappa shape index (κ3) is 3.58. The molecule has 7 heteroatoms. The molecule has 1 aliphatic carbocycles. The van der Waals surface area contributed by atoms with Crippen LogP contribution >= 0.6 is 0 Å². The Labute approximate surface area is 131 Å². The zero-order valence-electron chi connectivity index (χ0n) is 12.5. The first-order chi connectivity index (χ1) is 10.5. The smallest absolute Gasteiger partial charge is 0.256 e. The molecule has 22 heavy (non-hydrogen) atoms. The Kier molecular flexibility index (Phi) is 4.33. The van der Waals surface area contributed by atoms with Gasteiger partial charge in [0.25, 0.3) is 15.9 Å². The number of hydrogen-bond donors (Lipinski definition) is 1. The Morgan fingerprint density at radius 3 is 2.64 bits per heavy atom. The summed E-state index contributed by atoms with van der Waals surface area (Å²) in [5.41, 5.74) is 0.558. The summed E-state index contributed by atoms with van der Waals surface area (Å²) >= 11 is 0. The average molecular weight is 323 g/mol. The molecule has 0 unspecified atom stereocenters. The van der Waals surface area contributed by atoms with Crippen molar-refractivity contribution >= 4 is 21.8 Å². The first kappa shape index (κ1) is 15.3. The fraction of sp³-hybridized carbons (Fsp3) is 0.600. The van der Waals surface area contributed by atoms with E-state index in [1.807, 2.05) is 0 Å². The van der Waals surface area contributed by atoms with Crippen molar-refractivity contribution in [1.29, 1.82) is 0 Å². The summed E-state index contributed by atoms with van der Waals surface area (Å²) in [6.45, 7) is 0.339. The number of nitrogens with one attached hydrogen (secondary N) is 1. The number of sulfonamides is 1. The predicted octanol–water partition coefficient (Wildman–Crippen LogP) is 1.32. The lowest BCUT2D eigenvalue weighted by Gasteiger charge is -2.27. The van der Waals surface area contributed by atoms with Gasteiger partial charge in [-0.3, -0.25) is 4.79 Å². The summed E-state index contributed by atoms with van der Waals surface area (Å²) in [7, 11) is -3.35. The Morgan fingerprint density at radius 2 is 1.91 bits per heavy atom. The SMILES string of the molecule is O=C(NC1CCCCCC1)C1=CN2CCS(=O)(=O)N=C2C=C1. The quantitative estimate of drug-likeness (QED) is 0.778. The second-order valence-electron chi connectivity index (χ2n) is 6.01. The molecule has 0 aromatic heterocycles. The Hall–Kier alpha value is -1.63. The minimum atomic E-state index is -3.35. The Bertz CT molecular complexity index is 641. The van der Waals surface area contributed by atoms with E-state index in [0.717, 1.165) is 12.8 Å². The van der Waals surface area contributed by atoms with Crippen molar-refractivity contribution in [2.24, 2.45) is 4.40 Å². The standard InChI is InChI=1S/C15H21N3O3S/c19-15(16-13-5-3-1-2-4-6-13)12-7-8-14-17-22(20,21)10-9-18(14)11-12/h7-8,11,13H,1-6,9-10H2,(H,16,19). The van der Waals surface area contributed by atoms with E-state index in [2.05, 4.69) is 9.71 Å². The highest BCUT2D eigenvalue weighted by Crippen LogP contribution is 2.19. The fourth-order valence-electron chi connectivity index (χ4n) is 3.03. The lowest BCUT2D eigenvalue weighted by atomic mass is 10.1. The number of amides is 1. The summed E-state index contributed by atoms with van der Waals surface area (Å²) in [4.78, 5) is 14.1. The molecule has 0 atom stereocenters. The van der Waals surface area contributed by atoms with Gasteiger partial charge >= 0.3 is 0 Å². The molecule has 0 bridgehead atoms. The molecule has 1 amide bonds. The van der Waals surface area contributed by atoms with Crippen molar-refractivity contribution < 1.29 is 13.2 Å². The van der Waals surface area contributed by atoms with Crippen LogP contribution in [0.1, 0.15) is 38.5 Å². The molecule has 1 N–H and O–H groups in total. The highest BCUT2D eigenvalue weighted by Gasteiger charge is 2.25. The van der Waals surface area contributed by atoms with Gasteiger partial charge < -0.3 is 10.2 Å². The van der Waals surface area contributed by atoms with E-state index in [9.17, 15) is 13.2 Å². The average Bonchev–Trinajstić information content (AvgIpc) is 2.74. The molecule has 0 aromatic rings. The molecule has 6 nitrogen and oxygen atoms in total. The van der Waals surface area contributed by atoms with Gasteiger partial charge in [-0.1, -0.05) is 25.7 Å². The van der Waals surface area contributed by atoms with Gasteiger partial charge in [-0.2, -0.15) is 0 Å². The highest BCUT2D eigenvalue weighted by atomic mass is 32.2. The maximum absolute atomic E-state index is 12.4. The third-order valence-electron chi connectivity index (χ3n) is 4.28. The Balaban J connectivity index is 1.67. The zero-order valence-corrected chi connectivity index (χ0v) is 13.3. The number of amidine groups is 1. The fourth-order valence-corrected chi connectivity index (χ4v) is 4.00. The predicted molar refractivity (Wildman–Crippen MR) is 84.8 cm³/mol. The van der Waals surface area contributed by atoms with Gasteiger partial charge in [0, 0.05) is 18.8 Å². The molecule has 3 aliphatic rings. The van der Waals surface area contributed by atoms with Crippen molar-refractivity contribution in [1.82, 2.24) is 10.2 Å². The molecule has 3 rings (SSSR count). The molecular formula is C15H21N3O3S. The first-order valence-corrected chi connectivity index (χ1v) is 9.44. The highest BCUT2D eigenvalue weighted by molar-refractivity contribution is 7.90. The minimum absolute atomic E-state index is 0.0155. The number of fused-ring (bicyclic) bond motifs is 1. The van der Waals surface area contributed by atoms with E-state index >= 15 is 0 Å². The maximum atomic E-state index is 12.4. The van der Waals surface area contributed by atoms with Gasteiger partial charge in [0.2, 0.25) is 0 Å². The van der Waals surface area contributed by atoms with E-state index in [1.165, 1.54) is 25.7 Å². The van der Waals surface area contributed by atoms with Crippen LogP contribution < -0.4 is 5.32 Å². The molecule has 2 aliphatic heterocycles. The van der Waals surface area contributed by atoms with Gasteiger partial charge in [0.1, 0.15) is 5.84 Å². The second-order valence-corrected chi connectivity index (χ2v) is 7.76. The molecule has 0 aromatic carbocycles. The summed E-state index contributed by atoms with van der Waals surface area (Å²) in [6.07, 6.45) is 11.8. The van der Waals surface area contributed by atoms with Crippen LogP contribution in [0.2, 0.25) is 0 Å². The van der Waals surface area contributed by atoms with Crippen LogP contribution in [0.5, 0.6) is 0 Å². The van der Waals surface area contributed by atoms with Crippen LogP contribution in [0.15, 0.2) is 28.3 Å². The maximum Gasteiger partial charge on any atom is 0.256 e. The normalized spacial score (nSPS) is 24.8. The van der Waals surface area contributed by atoms with Gasteiger partial charge in [0.15, 0.2) is 0 Å². The number of rotatable bonds is 2. The van der Waals surface area contributed by atoms with E-state index < -0.39 is 10.0 Å². The summed E-state index contributed by atoms with van der Waals surface area (Å²) in [6, 6.07) is 0.251. The first-order valence-electron chi connectivity index (χ1n) is 7.83. The summed E-state index contributed by atoms with van der Waals surface area (Å²) in [5.74, 6) is 0.283. The molecular weight excluding hydrogens is 302 g/mol. The zero-order chi connectivity index (χ0) is 15.6. The van der Waals surface area contributed by atoms with Crippen LogP contribution in [-0.2, 0) is 14.8 Å². The lowest BCUT2D eigenvalue weighted by molar-refractivity contribution is -0.118. The topological polar surface area (TPSA) is 78.8 Å². The van der Waals surface area contributed by atoms with Gasteiger partial charge in [-0.25, -0.2) is 8.42 Å². The Morgan fingerprint density at radius 1 is 1.18 bits per heavy atom. The van der Waals surface area contributed by atoms with E-state index in [0.29, 0.717) is 18.0 Å². The number of hydrogen-bond acceptors (Lipinski definition) is 4. The van der Waals surface area contributed by atoms with Crippen LogP contribution in [0.25, 0.3) is 0 Å². The molecule has 0 saturated heterocycles. The lowest BCUT2D eigenvalue weighted by Crippen LogP contribution is -2.40. The van der Waals surface area contributed by atoms with Crippen molar-refractivity contribution in [3.05, 3.63) is 23.9 Å². The van der Waals surface area contributed by atoms with E-state index in [1.54, 1.807) is 23.3 Å². The van der Waals surface area contributed by atoms with E-state index in [4.69, 9.17) is 0 Å². The van der Waals surface area contributed by atoms with Crippen LogP contribution in [-0.4, -0.2) is 43.4 Å². The van der Waals surface area contributed by atoms with Crippen LogP contribution in [0, 0.1) is 0 Å². The molecule has 0 radical (unpaired) electrons. The van der Waals surface area contributed by atoms with Crippen molar-refractivity contribution in [3.63, 3.8) is 0 Å². The molecule has 120 valence electrons. The van der Waals surface area contributed by atoms with Crippen molar-refractivity contribution in [2.45, 2.75) is 44.6 Å². The minimum Gasteiger partial charge on any atom is -0.349 e. The summed E-state index contributed by atoms with van der Waals surface area (Å²) < 4.78 is 26.6. The molecule has 2 heterocycles. The van der Waals surface area contributed by atoms with Gasteiger partial charge in [0.05, 0.1) is 11.3 Å².